The van der Waals surface area contributed by atoms with E-state index in [-0.39, 0.29) is 142 Å². The summed E-state index contributed by atoms with van der Waals surface area (Å²) in [7, 11) is 0. The van der Waals surface area contributed by atoms with Crippen LogP contribution in [0.4, 0.5) is 0 Å². The topological polar surface area (TPSA) is 0 Å². The van der Waals surface area contributed by atoms with E-state index in [2.05, 4.69) is 0 Å². The molecule has 31 valence electrons. The molecule has 6 heavy (non-hydrogen) atoms. The third-order valence-corrected chi connectivity index (χ3v) is 0. The van der Waals surface area contributed by atoms with Crippen LogP contribution in [-0.2, 0) is 55.3 Å². The maximum Gasteiger partial charge on any atom is 2.00 e. The fourth-order valence-corrected chi connectivity index (χ4v) is 0. The van der Waals surface area contributed by atoms with Crippen LogP contribution in [0.15, 0.2) is 0 Å². The van der Waals surface area contributed by atoms with Crippen LogP contribution >= 0.6 is 0 Å². The van der Waals surface area contributed by atoms with Gasteiger partial charge in [0.15, 0.2) is 0 Å². The molecule has 0 bridgehead atoms. The molecule has 0 aromatic rings. The molecule has 0 aliphatic carbocycles. The normalized spacial score (nSPS) is 0. The Morgan fingerprint density at radius 3 is 1.17 bits per heavy atom. The minimum Gasteiger partial charge on any atom is -1.00 e. The van der Waals surface area contributed by atoms with Crippen molar-refractivity contribution in [1.29, 1.82) is 0 Å². The number of hydrogen-bond acceptors (Lipinski definition) is 0. The average Bonchev–Trinajstić information content (AvgIpc) is 0. The first-order chi connectivity index (χ1) is 0. The van der Waals surface area contributed by atoms with E-state index in [9.17, 15) is 0 Å². The van der Waals surface area contributed by atoms with E-state index in [1.165, 1.54) is 0 Å². The van der Waals surface area contributed by atoms with Gasteiger partial charge in [0.1, 0.15) is 0 Å². The summed E-state index contributed by atoms with van der Waals surface area (Å²) < 4.78 is 0. The molecule has 0 N–H and O–H groups in total. The Bertz CT molecular complexity index is 26.4. The maximum absolute atomic E-state index is 0. The van der Waals surface area contributed by atoms with Crippen LogP contribution < -0.4 is 18.9 Å². The van der Waals surface area contributed by atoms with Crippen molar-refractivity contribution in [2.45, 2.75) is 0 Å². The van der Waals surface area contributed by atoms with Gasteiger partial charge in [-0.15, -0.1) is 0 Å². The molecule has 0 saturated carbocycles. The van der Waals surface area contributed by atoms with Gasteiger partial charge in [-0.1, -0.05) is 0 Å². The summed E-state index contributed by atoms with van der Waals surface area (Å²) >= 11 is 0. The van der Waals surface area contributed by atoms with E-state index in [4.69, 9.17) is 0 Å². The van der Waals surface area contributed by atoms with Crippen LogP contribution in [0, 0.1) is 0 Å². The van der Waals surface area contributed by atoms with E-state index >= 15 is 0 Å². The van der Waals surface area contributed by atoms with Crippen molar-refractivity contribution in [3.63, 3.8) is 0 Å². The number of hydrogen-bond donors (Lipinski definition) is 0. The van der Waals surface area contributed by atoms with Crippen LogP contribution in [0.5, 0.6) is 0 Å². The molecule has 6 heteroatoms. The van der Waals surface area contributed by atoms with Gasteiger partial charge >= 0.3 is 79.7 Å². The molecule has 0 nitrogen and oxygen atoms in total. The fraction of sp³-hybridized carbons (Fsp3) is 0. The third-order valence-electron chi connectivity index (χ3n) is 0. The summed E-state index contributed by atoms with van der Waals surface area (Å²) in [6.07, 6.45) is 0. The van der Waals surface area contributed by atoms with Gasteiger partial charge in [0.25, 0.3) is 0 Å². The maximum atomic E-state index is 0. The first-order valence-corrected chi connectivity index (χ1v) is 0. The smallest absolute Gasteiger partial charge is 1.00 e. The van der Waals surface area contributed by atoms with Gasteiger partial charge in [-0.25, -0.2) is 0 Å². The summed E-state index contributed by atoms with van der Waals surface area (Å²) in [5.41, 5.74) is 0. The molecule has 0 aliphatic rings. The Hall–Kier alpha value is 4.35. The predicted octanol–water partition coefficient (Wildman–Crippen LogP) is -3.20. The van der Waals surface area contributed by atoms with E-state index < -0.39 is 0 Å². The zero-order chi connectivity index (χ0) is 0. The Balaban J connectivity index is 0. The molecule has 0 heterocycles. The largest absolute Gasteiger partial charge is 2.00 e. The SMILES string of the molecule is [Ca+2].[H-].[H-].[H-].[H-].[H-].[Li+].[Mg+2].[Mn].[Ni].[Ti]. The van der Waals surface area contributed by atoms with Crippen LogP contribution in [0.25, 0.3) is 0 Å². The molecule has 0 saturated heterocycles. The van der Waals surface area contributed by atoms with E-state index in [0.717, 1.165) is 0 Å². The van der Waals surface area contributed by atoms with Crippen LogP contribution in [0.1, 0.15) is 7.13 Å². The Morgan fingerprint density at radius 1 is 1.17 bits per heavy atom. The molecule has 0 unspecified atom stereocenters. The second-order valence-electron chi connectivity index (χ2n) is 0. The molecule has 0 spiro atoms. The summed E-state index contributed by atoms with van der Waals surface area (Å²) in [5, 5.41) is 0. The molecular formula is H5CaLiMgMnNiTi. The fourth-order valence-electron chi connectivity index (χ4n) is 0. The van der Waals surface area contributed by atoms with Crippen molar-refractivity contribution in [2.24, 2.45) is 0 Å². The zero-order valence-corrected chi connectivity index (χ0v) is 11.0. The van der Waals surface area contributed by atoms with Crippen LogP contribution in [0.3, 0.4) is 0 Å². The summed E-state index contributed by atoms with van der Waals surface area (Å²) in [5.74, 6) is 0. The molecule has 0 atom stereocenters. The standard InChI is InChI=1S/Ca.Li.Mg.Mn.Ni.Ti.5H/q+2;+1;+2;;;;5*-1. The average molecular weight is 238 g/mol. The van der Waals surface area contributed by atoms with E-state index in [1.54, 1.807) is 0 Å². The van der Waals surface area contributed by atoms with Gasteiger partial charge < -0.3 is 7.13 Å². The Labute approximate surface area is 139 Å². The van der Waals surface area contributed by atoms with Gasteiger partial charge in [0.05, 0.1) is 0 Å². The minimum atomic E-state index is 0. The van der Waals surface area contributed by atoms with E-state index in [0.29, 0.717) is 0 Å². The second kappa shape index (κ2) is 34.4. The van der Waals surface area contributed by atoms with Gasteiger partial charge in [-0.05, 0) is 0 Å². The van der Waals surface area contributed by atoms with Gasteiger partial charge in [-0.2, -0.15) is 0 Å². The zero-order valence-electron chi connectivity index (χ0n) is 8.61. The molecule has 0 rings (SSSR count). The molecule has 0 amide bonds. The van der Waals surface area contributed by atoms with Crippen molar-refractivity contribution in [2.75, 3.05) is 0 Å². The molecule has 1 radical (unpaired) electrons. The quantitative estimate of drug-likeness (QED) is 0.390. The molecule has 0 aliphatic heterocycles. The van der Waals surface area contributed by atoms with Crippen molar-refractivity contribution < 1.29 is 81.3 Å². The van der Waals surface area contributed by atoms with Crippen molar-refractivity contribution in [3.8, 4) is 0 Å². The third kappa shape index (κ3) is 23.8. The first-order valence-electron chi connectivity index (χ1n) is 0. The van der Waals surface area contributed by atoms with E-state index in [1.807, 2.05) is 0 Å². The molecule has 0 fully saturated rings. The Morgan fingerprint density at radius 2 is 1.17 bits per heavy atom. The predicted molar refractivity (Wildman–Crippen MR) is 17.1 cm³/mol. The minimum absolute atomic E-state index is 0. The van der Waals surface area contributed by atoms with Crippen LogP contribution in [-0.4, -0.2) is 60.8 Å². The Kier molecular flexibility index (Phi) is 275. The molecule has 0 aromatic heterocycles. The van der Waals surface area contributed by atoms with Gasteiger partial charge in [0, 0.05) is 55.3 Å². The second-order valence-corrected chi connectivity index (χ2v) is 0. The number of rotatable bonds is 0. The first kappa shape index (κ1) is 47.8. The summed E-state index contributed by atoms with van der Waals surface area (Å²) in [6, 6.07) is 0. The van der Waals surface area contributed by atoms with Crippen molar-refractivity contribution in [1.82, 2.24) is 0 Å². The van der Waals surface area contributed by atoms with Crippen LogP contribution in [0.2, 0.25) is 0 Å². The van der Waals surface area contributed by atoms with Gasteiger partial charge in [-0.3, -0.25) is 0 Å². The molecular weight excluding hydrogens is 233 g/mol. The summed E-state index contributed by atoms with van der Waals surface area (Å²) in [4.78, 5) is 0. The monoisotopic (exact) mass is 237 g/mol. The molecule has 0 aromatic carbocycles. The van der Waals surface area contributed by atoms with Gasteiger partial charge in [0.2, 0.25) is 0 Å². The summed E-state index contributed by atoms with van der Waals surface area (Å²) in [6.45, 7) is 0. The van der Waals surface area contributed by atoms with Crippen molar-refractivity contribution >= 4 is 60.8 Å². The van der Waals surface area contributed by atoms with Crippen molar-refractivity contribution in [3.05, 3.63) is 0 Å².